The van der Waals surface area contributed by atoms with Crippen molar-refractivity contribution in [1.29, 1.82) is 0 Å². The summed E-state index contributed by atoms with van der Waals surface area (Å²) in [4.78, 5) is 0. The molecule has 0 spiro atoms. The van der Waals surface area contributed by atoms with Crippen LogP contribution in [0.5, 0.6) is 0 Å². The lowest BCUT2D eigenvalue weighted by molar-refractivity contribution is 0.282. The average Bonchev–Trinajstić information content (AvgIpc) is 2.43. The Kier molecular flexibility index (Phi) is 7.57. The van der Waals surface area contributed by atoms with Gasteiger partial charge in [0, 0.05) is 6.61 Å². The Hall–Kier alpha value is -0.863. The van der Waals surface area contributed by atoms with Crippen LogP contribution in [-0.2, 0) is 10.8 Å². The van der Waals surface area contributed by atoms with Crippen molar-refractivity contribution in [3.05, 3.63) is 47.5 Å². The Labute approximate surface area is 138 Å². The standard InChI is InChI=1S/C20H34OSi/c1-18(12-10-16-19-14-8-7-9-15-19)13-11-17-21-22(5,6)20(2,3)4/h7-9,12,14-15H,10-11,13,16-17H2,1-6H3/b18-12-. The Morgan fingerprint density at radius 2 is 1.77 bits per heavy atom. The molecular weight excluding hydrogens is 284 g/mol. The van der Waals surface area contributed by atoms with Crippen LogP contribution in [0.15, 0.2) is 42.0 Å². The van der Waals surface area contributed by atoms with Gasteiger partial charge >= 0.3 is 0 Å². The molecular formula is C20H34OSi. The molecule has 0 N–H and O–H groups in total. The number of aryl methyl sites for hydroxylation is 1. The monoisotopic (exact) mass is 318 g/mol. The van der Waals surface area contributed by atoms with Crippen LogP contribution in [0.4, 0.5) is 0 Å². The highest BCUT2D eigenvalue weighted by Gasteiger charge is 2.36. The summed E-state index contributed by atoms with van der Waals surface area (Å²) in [7, 11) is -1.57. The summed E-state index contributed by atoms with van der Waals surface area (Å²) in [5, 5.41) is 0.313. The first-order valence-corrected chi connectivity index (χ1v) is 11.5. The third-order valence-electron chi connectivity index (χ3n) is 4.75. The van der Waals surface area contributed by atoms with E-state index in [-0.39, 0.29) is 0 Å². The quantitative estimate of drug-likeness (QED) is 0.307. The molecule has 0 aromatic heterocycles. The highest BCUT2D eigenvalue weighted by atomic mass is 28.4. The van der Waals surface area contributed by atoms with E-state index in [1.807, 2.05) is 0 Å². The van der Waals surface area contributed by atoms with Crippen LogP contribution >= 0.6 is 0 Å². The second kappa shape index (κ2) is 8.69. The lowest BCUT2D eigenvalue weighted by Crippen LogP contribution is -2.40. The maximum atomic E-state index is 6.23. The zero-order chi connectivity index (χ0) is 16.6. The van der Waals surface area contributed by atoms with Crippen molar-refractivity contribution in [3.8, 4) is 0 Å². The van der Waals surface area contributed by atoms with Crippen LogP contribution in [-0.4, -0.2) is 14.9 Å². The summed E-state index contributed by atoms with van der Waals surface area (Å²) in [6, 6.07) is 10.7. The predicted octanol–water partition coefficient (Wildman–Crippen LogP) is 6.37. The van der Waals surface area contributed by atoms with E-state index in [0.717, 1.165) is 32.3 Å². The van der Waals surface area contributed by atoms with E-state index in [0.29, 0.717) is 5.04 Å². The maximum absolute atomic E-state index is 6.23. The van der Waals surface area contributed by atoms with Crippen molar-refractivity contribution in [3.63, 3.8) is 0 Å². The molecule has 0 radical (unpaired) electrons. The number of hydrogen-bond donors (Lipinski definition) is 0. The zero-order valence-electron chi connectivity index (χ0n) is 15.4. The van der Waals surface area contributed by atoms with Gasteiger partial charge in [0.25, 0.3) is 0 Å². The Bertz CT molecular complexity index is 454. The summed E-state index contributed by atoms with van der Waals surface area (Å²) < 4.78 is 6.23. The molecule has 0 aliphatic heterocycles. The third kappa shape index (κ3) is 6.93. The Balaban J connectivity index is 2.23. The molecule has 0 bridgehead atoms. The van der Waals surface area contributed by atoms with E-state index in [1.54, 1.807) is 0 Å². The lowest BCUT2D eigenvalue weighted by Gasteiger charge is -2.36. The van der Waals surface area contributed by atoms with Crippen molar-refractivity contribution in [2.75, 3.05) is 6.61 Å². The second-order valence-electron chi connectivity index (χ2n) is 7.79. The fraction of sp³-hybridized carbons (Fsp3) is 0.600. The SMILES string of the molecule is C/C(=C/CCc1ccccc1)CCCO[Si](C)(C)C(C)(C)C. The lowest BCUT2D eigenvalue weighted by atomic mass is 10.1. The summed E-state index contributed by atoms with van der Waals surface area (Å²) in [6.45, 7) is 14.7. The molecule has 0 aliphatic rings. The molecule has 2 heteroatoms. The summed E-state index contributed by atoms with van der Waals surface area (Å²) in [5.74, 6) is 0. The highest BCUT2D eigenvalue weighted by Crippen LogP contribution is 2.36. The molecule has 0 atom stereocenters. The maximum Gasteiger partial charge on any atom is 0.191 e. The van der Waals surface area contributed by atoms with E-state index >= 15 is 0 Å². The molecule has 0 fully saturated rings. The first-order chi connectivity index (χ1) is 10.2. The van der Waals surface area contributed by atoms with E-state index < -0.39 is 8.32 Å². The minimum absolute atomic E-state index is 0.313. The topological polar surface area (TPSA) is 9.23 Å². The molecule has 0 saturated heterocycles. The molecule has 0 aliphatic carbocycles. The zero-order valence-corrected chi connectivity index (χ0v) is 16.4. The minimum atomic E-state index is -1.57. The summed E-state index contributed by atoms with van der Waals surface area (Å²) >= 11 is 0. The van der Waals surface area contributed by atoms with Gasteiger partial charge in [0.05, 0.1) is 0 Å². The van der Waals surface area contributed by atoms with Gasteiger partial charge in [-0.05, 0) is 56.3 Å². The van der Waals surface area contributed by atoms with Gasteiger partial charge in [-0.25, -0.2) is 0 Å². The molecule has 0 amide bonds. The first-order valence-electron chi connectivity index (χ1n) is 8.56. The van der Waals surface area contributed by atoms with Gasteiger partial charge in [-0.2, -0.15) is 0 Å². The van der Waals surface area contributed by atoms with Crippen LogP contribution < -0.4 is 0 Å². The number of hydrogen-bond acceptors (Lipinski definition) is 1. The van der Waals surface area contributed by atoms with Crippen LogP contribution in [0.25, 0.3) is 0 Å². The minimum Gasteiger partial charge on any atom is -0.417 e. The van der Waals surface area contributed by atoms with E-state index in [9.17, 15) is 0 Å². The van der Waals surface area contributed by atoms with Gasteiger partial charge in [0.2, 0.25) is 0 Å². The van der Waals surface area contributed by atoms with E-state index in [4.69, 9.17) is 4.43 Å². The van der Waals surface area contributed by atoms with Crippen molar-refractivity contribution in [2.24, 2.45) is 0 Å². The van der Waals surface area contributed by atoms with Crippen LogP contribution in [0.2, 0.25) is 18.1 Å². The van der Waals surface area contributed by atoms with Gasteiger partial charge in [-0.3, -0.25) is 0 Å². The van der Waals surface area contributed by atoms with Crippen LogP contribution in [0.1, 0.15) is 52.5 Å². The van der Waals surface area contributed by atoms with E-state index in [2.05, 4.69) is 77.2 Å². The normalized spacial score (nSPS) is 13.5. The van der Waals surface area contributed by atoms with Crippen molar-refractivity contribution >= 4 is 8.32 Å². The highest BCUT2D eigenvalue weighted by molar-refractivity contribution is 6.74. The van der Waals surface area contributed by atoms with E-state index in [1.165, 1.54) is 11.1 Å². The van der Waals surface area contributed by atoms with Gasteiger partial charge in [0.1, 0.15) is 0 Å². The second-order valence-corrected chi connectivity index (χ2v) is 12.6. The molecule has 0 heterocycles. The van der Waals surface area contributed by atoms with Crippen molar-refractivity contribution in [1.82, 2.24) is 0 Å². The molecule has 1 aromatic rings. The van der Waals surface area contributed by atoms with Gasteiger partial charge in [-0.1, -0.05) is 62.8 Å². The molecule has 1 rings (SSSR count). The van der Waals surface area contributed by atoms with Crippen molar-refractivity contribution in [2.45, 2.75) is 71.5 Å². The average molecular weight is 319 g/mol. The molecule has 0 unspecified atom stereocenters. The first kappa shape index (κ1) is 19.2. The van der Waals surface area contributed by atoms with Crippen LogP contribution in [0, 0.1) is 0 Å². The molecule has 0 saturated carbocycles. The number of allylic oxidation sites excluding steroid dienone is 2. The predicted molar refractivity (Wildman–Crippen MR) is 101 cm³/mol. The Morgan fingerprint density at radius 1 is 1.14 bits per heavy atom. The molecule has 1 nitrogen and oxygen atoms in total. The largest absolute Gasteiger partial charge is 0.417 e. The molecule has 22 heavy (non-hydrogen) atoms. The smallest absolute Gasteiger partial charge is 0.191 e. The molecule has 124 valence electrons. The van der Waals surface area contributed by atoms with Crippen LogP contribution in [0.3, 0.4) is 0 Å². The number of benzene rings is 1. The van der Waals surface area contributed by atoms with Gasteiger partial charge in [-0.15, -0.1) is 0 Å². The third-order valence-corrected chi connectivity index (χ3v) is 9.29. The Morgan fingerprint density at radius 3 is 2.36 bits per heavy atom. The molecule has 1 aromatic carbocycles. The van der Waals surface area contributed by atoms with Crippen molar-refractivity contribution < 1.29 is 4.43 Å². The summed E-state index contributed by atoms with van der Waals surface area (Å²) in [5.41, 5.74) is 2.92. The fourth-order valence-electron chi connectivity index (χ4n) is 2.13. The fourth-order valence-corrected chi connectivity index (χ4v) is 3.21. The van der Waals surface area contributed by atoms with Gasteiger partial charge < -0.3 is 4.43 Å². The van der Waals surface area contributed by atoms with Gasteiger partial charge in [0.15, 0.2) is 8.32 Å². The number of rotatable bonds is 8. The summed E-state index contributed by atoms with van der Waals surface area (Å²) in [6.07, 6.45) is 6.96.